The molecule has 1 aromatic carbocycles. The lowest BCUT2D eigenvalue weighted by Gasteiger charge is -2.25. The highest BCUT2D eigenvalue weighted by atomic mass is 127. The number of nitrogens with zero attached hydrogens (tertiary/aromatic N) is 5. The molecule has 2 N–H and O–H groups in total. The summed E-state index contributed by atoms with van der Waals surface area (Å²) in [6.07, 6.45) is 4.59. The number of aryl methyl sites for hydroxylation is 1. The molecular formula is C23H35FIN7. The molecule has 0 radical (unpaired) electrons. The van der Waals surface area contributed by atoms with E-state index in [0.717, 1.165) is 55.6 Å². The zero-order valence-electron chi connectivity index (χ0n) is 19.3. The van der Waals surface area contributed by atoms with Crippen LogP contribution in [0.2, 0.25) is 0 Å². The summed E-state index contributed by atoms with van der Waals surface area (Å²) in [6, 6.07) is 7.53. The summed E-state index contributed by atoms with van der Waals surface area (Å²) >= 11 is 0. The van der Waals surface area contributed by atoms with Crippen molar-refractivity contribution in [3.63, 3.8) is 0 Å². The molecule has 1 aliphatic heterocycles. The van der Waals surface area contributed by atoms with Crippen molar-refractivity contribution in [1.82, 2.24) is 30.3 Å². The molecule has 2 aliphatic rings. The third-order valence-electron chi connectivity index (χ3n) is 6.86. The summed E-state index contributed by atoms with van der Waals surface area (Å²) in [6.45, 7) is 8.47. The molecule has 0 bridgehead atoms. The van der Waals surface area contributed by atoms with Gasteiger partial charge in [-0.3, -0.25) is 4.90 Å². The van der Waals surface area contributed by atoms with Crippen molar-refractivity contribution in [2.45, 2.75) is 57.5 Å². The van der Waals surface area contributed by atoms with Gasteiger partial charge in [-0.05, 0) is 63.4 Å². The number of halogens is 2. The minimum absolute atomic E-state index is 0. The maximum absolute atomic E-state index is 13.8. The highest BCUT2D eigenvalue weighted by molar-refractivity contribution is 14.0. The largest absolute Gasteiger partial charge is 0.356 e. The standard InChI is InChI=1S/C23H34FN7.HI/c1-4-31-12-6-9-20(31)14-25-22(26-15-21-29-28-17(2)30(21)3)27-16-23(10-11-23)18-7-5-8-19(24)13-18;/h5,7-8,13,20H,4,6,9-12,14-16H2,1-3H3,(H2,25,26,27);1H. The molecule has 1 atom stereocenters. The molecule has 1 saturated carbocycles. The van der Waals surface area contributed by atoms with Crippen LogP contribution in [0.3, 0.4) is 0 Å². The van der Waals surface area contributed by atoms with Crippen LogP contribution in [-0.4, -0.2) is 57.8 Å². The molecular weight excluding hydrogens is 520 g/mol. The molecule has 2 fully saturated rings. The van der Waals surface area contributed by atoms with Gasteiger partial charge in [0.05, 0.1) is 0 Å². The van der Waals surface area contributed by atoms with E-state index < -0.39 is 0 Å². The second kappa shape index (κ2) is 10.9. The first-order valence-corrected chi connectivity index (χ1v) is 11.4. The van der Waals surface area contributed by atoms with Gasteiger partial charge in [-0.25, -0.2) is 9.38 Å². The van der Waals surface area contributed by atoms with E-state index in [0.29, 0.717) is 12.6 Å². The Labute approximate surface area is 207 Å². The number of aromatic nitrogens is 3. The van der Waals surface area contributed by atoms with Gasteiger partial charge in [-0.2, -0.15) is 0 Å². The Morgan fingerprint density at radius 1 is 1.28 bits per heavy atom. The molecule has 9 heteroatoms. The van der Waals surface area contributed by atoms with Crippen molar-refractivity contribution in [2.75, 3.05) is 26.2 Å². The van der Waals surface area contributed by atoms with Crippen LogP contribution in [0.15, 0.2) is 29.3 Å². The number of benzene rings is 1. The van der Waals surface area contributed by atoms with Crippen molar-refractivity contribution in [1.29, 1.82) is 0 Å². The van der Waals surface area contributed by atoms with Crippen molar-refractivity contribution >= 4 is 29.9 Å². The summed E-state index contributed by atoms with van der Waals surface area (Å²) in [7, 11) is 1.96. The normalized spacial score (nSPS) is 20.1. The van der Waals surface area contributed by atoms with E-state index in [1.54, 1.807) is 12.1 Å². The van der Waals surface area contributed by atoms with Gasteiger partial charge in [-0.15, -0.1) is 34.2 Å². The molecule has 1 aromatic heterocycles. The van der Waals surface area contributed by atoms with Gasteiger partial charge in [0.2, 0.25) is 0 Å². The number of guanidine groups is 1. The predicted molar refractivity (Wildman–Crippen MR) is 136 cm³/mol. The SMILES string of the molecule is CCN1CCCC1CNC(=NCc1nnc(C)n1C)NCC1(c2cccc(F)c2)CC1.I. The molecule has 1 aliphatic carbocycles. The van der Waals surface area contributed by atoms with Crippen LogP contribution < -0.4 is 10.6 Å². The number of likely N-dealkylation sites (N-methyl/N-ethyl adjacent to an activating group) is 1. The molecule has 1 saturated heterocycles. The highest BCUT2D eigenvalue weighted by Crippen LogP contribution is 2.47. The van der Waals surface area contributed by atoms with Crippen molar-refractivity contribution in [3.8, 4) is 0 Å². The lowest BCUT2D eigenvalue weighted by Crippen LogP contribution is -2.46. The zero-order valence-corrected chi connectivity index (χ0v) is 21.6. The average Bonchev–Trinajstić information content (AvgIpc) is 3.32. The number of hydrogen-bond acceptors (Lipinski definition) is 4. The van der Waals surface area contributed by atoms with Crippen LogP contribution in [0.1, 0.15) is 49.8 Å². The summed E-state index contributed by atoms with van der Waals surface area (Å²) in [5, 5.41) is 15.4. The molecule has 2 heterocycles. The van der Waals surface area contributed by atoms with E-state index in [9.17, 15) is 4.39 Å². The molecule has 32 heavy (non-hydrogen) atoms. The van der Waals surface area contributed by atoms with Crippen LogP contribution in [-0.2, 0) is 19.0 Å². The first kappa shape index (κ1) is 24.9. The number of rotatable bonds is 8. The van der Waals surface area contributed by atoms with Gasteiger partial charge >= 0.3 is 0 Å². The Kier molecular flexibility index (Phi) is 8.49. The van der Waals surface area contributed by atoms with Crippen LogP contribution in [0.5, 0.6) is 0 Å². The lowest BCUT2D eigenvalue weighted by atomic mass is 9.96. The Balaban J connectivity index is 0.00000289. The van der Waals surface area contributed by atoms with Gasteiger partial charge in [0, 0.05) is 31.6 Å². The average molecular weight is 555 g/mol. The molecule has 1 unspecified atom stereocenters. The van der Waals surface area contributed by atoms with E-state index in [1.165, 1.54) is 25.5 Å². The molecule has 7 nitrogen and oxygen atoms in total. The van der Waals surface area contributed by atoms with Crippen LogP contribution >= 0.6 is 24.0 Å². The Morgan fingerprint density at radius 2 is 2.09 bits per heavy atom. The Hall–Kier alpha value is -1.75. The molecule has 176 valence electrons. The number of nitrogens with one attached hydrogen (secondary N) is 2. The second-order valence-electron chi connectivity index (χ2n) is 8.84. The van der Waals surface area contributed by atoms with Gasteiger partial charge in [-0.1, -0.05) is 19.1 Å². The summed E-state index contributed by atoms with van der Waals surface area (Å²) in [4.78, 5) is 7.32. The second-order valence-corrected chi connectivity index (χ2v) is 8.84. The maximum Gasteiger partial charge on any atom is 0.191 e. The number of hydrogen-bond donors (Lipinski definition) is 2. The first-order valence-electron chi connectivity index (χ1n) is 11.4. The fraction of sp³-hybridized carbons (Fsp3) is 0.609. The predicted octanol–water partition coefficient (Wildman–Crippen LogP) is 3.13. The minimum Gasteiger partial charge on any atom is -0.356 e. The topological polar surface area (TPSA) is 70.4 Å². The molecule has 0 amide bonds. The van der Waals surface area contributed by atoms with E-state index in [2.05, 4.69) is 32.7 Å². The number of likely N-dealkylation sites (tertiary alicyclic amines) is 1. The zero-order chi connectivity index (χ0) is 21.8. The van der Waals surface area contributed by atoms with Crippen molar-refractivity contribution in [3.05, 3.63) is 47.3 Å². The Morgan fingerprint density at radius 3 is 2.75 bits per heavy atom. The monoisotopic (exact) mass is 555 g/mol. The fourth-order valence-electron chi connectivity index (χ4n) is 4.46. The third kappa shape index (κ3) is 5.78. The Bertz CT molecular complexity index is 925. The van der Waals surface area contributed by atoms with E-state index in [4.69, 9.17) is 4.99 Å². The van der Waals surface area contributed by atoms with Gasteiger partial charge < -0.3 is 15.2 Å². The smallest absolute Gasteiger partial charge is 0.191 e. The molecule has 4 rings (SSSR count). The van der Waals surface area contributed by atoms with Gasteiger partial charge in [0.15, 0.2) is 11.8 Å². The first-order chi connectivity index (χ1) is 15.0. The lowest BCUT2D eigenvalue weighted by molar-refractivity contribution is 0.267. The van der Waals surface area contributed by atoms with Crippen molar-refractivity contribution in [2.24, 2.45) is 12.0 Å². The van der Waals surface area contributed by atoms with Crippen LogP contribution in [0.4, 0.5) is 4.39 Å². The summed E-state index contributed by atoms with van der Waals surface area (Å²) in [5.41, 5.74) is 1.06. The van der Waals surface area contributed by atoms with Crippen LogP contribution in [0.25, 0.3) is 0 Å². The number of aliphatic imine (C=N–C) groups is 1. The quantitative estimate of drug-likeness (QED) is 0.298. The minimum atomic E-state index is -0.172. The van der Waals surface area contributed by atoms with Crippen LogP contribution in [0, 0.1) is 12.7 Å². The molecule has 2 aromatic rings. The summed E-state index contributed by atoms with van der Waals surface area (Å²) < 4.78 is 15.7. The maximum atomic E-state index is 13.8. The third-order valence-corrected chi connectivity index (χ3v) is 6.86. The van der Waals surface area contributed by atoms with E-state index in [-0.39, 0.29) is 35.2 Å². The highest BCUT2D eigenvalue weighted by Gasteiger charge is 2.44. The molecule has 0 spiro atoms. The van der Waals surface area contributed by atoms with E-state index >= 15 is 0 Å². The van der Waals surface area contributed by atoms with E-state index in [1.807, 2.05) is 24.6 Å². The summed E-state index contributed by atoms with van der Waals surface area (Å²) in [5.74, 6) is 2.32. The fourth-order valence-corrected chi connectivity index (χ4v) is 4.46. The van der Waals surface area contributed by atoms with Gasteiger partial charge in [0.25, 0.3) is 0 Å². The van der Waals surface area contributed by atoms with Crippen molar-refractivity contribution < 1.29 is 4.39 Å². The van der Waals surface area contributed by atoms with Gasteiger partial charge in [0.1, 0.15) is 18.2 Å².